The van der Waals surface area contributed by atoms with E-state index in [2.05, 4.69) is 5.16 Å². The van der Waals surface area contributed by atoms with Crippen LogP contribution in [0.15, 0.2) is 43.8 Å². The number of rotatable bonds is 0. The second-order valence-electron chi connectivity index (χ2n) is 4.45. The van der Waals surface area contributed by atoms with Crippen LogP contribution in [0.25, 0.3) is 21.5 Å². The SMILES string of the molecule is O=c1ccc2c(O)c3c(=NO)ccc(=O)c3c(O)c2c1=O. The van der Waals surface area contributed by atoms with E-state index < -0.39 is 33.2 Å². The minimum absolute atomic E-state index is 0.0971. The lowest BCUT2D eigenvalue weighted by Gasteiger charge is -2.07. The predicted octanol–water partition coefficient (Wildman–Crippen LogP) is -0.350. The summed E-state index contributed by atoms with van der Waals surface area (Å²) in [6.45, 7) is 0. The fourth-order valence-electron chi connectivity index (χ4n) is 2.39. The van der Waals surface area contributed by atoms with Crippen molar-refractivity contribution < 1.29 is 15.4 Å². The van der Waals surface area contributed by atoms with Crippen LogP contribution in [0.3, 0.4) is 0 Å². The van der Waals surface area contributed by atoms with Crippen molar-refractivity contribution in [2.75, 3.05) is 0 Å². The molecule has 21 heavy (non-hydrogen) atoms. The Morgan fingerprint density at radius 3 is 2.10 bits per heavy atom. The van der Waals surface area contributed by atoms with Gasteiger partial charge in [-0.2, -0.15) is 0 Å². The normalized spacial score (nSPS) is 12.3. The van der Waals surface area contributed by atoms with Crippen LogP contribution in [0.5, 0.6) is 11.5 Å². The summed E-state index contributed by atoms with van der Waals surface area (Å²) in [5.74, 6) is -1.23. The molecule has 0 saturated carbocycles. The Labute approximate surface area is 115 Å². The lowest BCUT2D eigenvalue weighted by atomic mass is 9.99. The quantitative estimate of drug-likeness (QED) is 0.170. The van der Waals surface area contributed by atoms with Crippen LogP contribution in [0.4, 0.5) is 0 Å². The molecule has 0 spiro atoms. The topological polar surface area (TPSA) is 124 Å². The summed E-state index contributed by atoms with van der Waals surface area (Å²) in [6.07, 6.45) is 0. The number of aromatic hydroxyl groups is 2. The number of hydrogen-bond donors (Lipinski definition) is 3. The van der Waals surface area contributed by atoms with Gasteiger partial charge in [0.05, 0.1) is 16.2 Å². The molecule has 3 aromatic carbocycles. The lowest BCUT2D eigenvalue weighted by Crippen LogP contribution is -2.23. The molecule has 0 heterocycles. The Hall–Kier alpha value is -3.22. The second-order valence-corrected chi connectivity index (χ2v) is 4.45. The maximum absolute atomic E-state index is 11.9. The molecular weight excluding hydrogens is 278 g/mol. The molecule has 0 bridgehead atoms. The highest BCUT2D eigenvalue weighted by molar-refractivity contribution is 6.10. The molecule has 0 aromatic heterocycles. The van der Waals surface area contributed by atoms with Crippen molar-refractivity contribution in [2.24, 2.45) is 5.16 Å². The molecule has 0 radical (unpaired) electrons. The van der Waals surface area contributed by atoms with Crippen LogP contribution in [0, 0.1) is 0 Å². The average Bonchev–Trinajstić information content (AvgIpc) is 2.47. The van der Waals surface area contributed by atoms with Gasteiger partial charge in [0.2, 0.25) is 10.9 Å². The molecule has 7 heteroatoms. The van der Waals surface area contributed by atoms with E-state index in [9.17, 15) is 24.6 Å². The molecule has 0 atom stereocenters. The van der Waals surface area contributed by atoms with Crippen LogP contribution in [-0.2, 0) is 0 Å². The van der Waals surface area contributed by atoms with Crippen molar-refractivity contribution in [3.05, 3.63) is 60.3 Å². The predicted molar refractivity (Wildman–Crippen MR) is 73.3 cm³/mol. The number of nitrogens with zero attached hydrogens (tertiary/aromatic N) is 1. The summed E-state index contributed by atoms with van der Waals surface area (Å²) in [5, 5.41) is 31.0. The third-order valence-electron chi connectivity index (χ3n) is 3.34. The Balaban J connectivity index is 2.88. The molecule has 0 fully saturated rings. The average molecular weight is 285 g/mol. The second kappa shape index (κ2) is 4.14. The summed E-state index contributed by atoms with van der Waals surface area (Å²) in [6, 6.07) is 4.29. The van der Waals surface area contributed by atoms with Gasteiger partial charge in [-0.05, 0) is 24.3 Å². The first-order valence-corrected chi connectivity index (χ1v) is 5.80. The molecule has 3 N–H and O–H groups in total. The molecule has 0 aliphatic carbocycles. The summed E-state index contributed by atoms with van der Waals surface area (Å²) >= 11 is 0. The molecule has 0 aliphatic heterocycles. The van der Waals surface area contributed by atoms with Crippen LogP contribution < -0.4 is 21.6 Å². The molecular formula is C14H7NO6. The van der Waals surface area contributed by atoms with Gasteiger partial charge in [0, 0.05) is 5.39 Å². The zero-order chi connectivity index (χ0) is 15.3. The summed E-state index contributed by atoms with van der Waals surface area (Å²) < 4.78 is 0. The van der Waals surface area contributed by atoms with Gasteiger partial charge >= 0.3 is 0 Å². The summed E-state index contributed by atoms with van der Waals surface area (Å²) in [7, 11) is 0. The maximum Gasteiger partial charge on any atom is 0.237 e. The van der Waals surface area contributed by atoms with Crippen LogP contribution >= 0.6 is 0 Å². The zero-order valence-electron chi connectivity index (χ0n) is 10.3. The van der Waals surface area contributed by atoms with E-state index in [4.69, 9.17) is 5.21 Å². The number of fused-ring (bicyclic) bond motifs is 2. The van der Waals surface area contributed by atoms with E-state index in [0.29, 0.717) is 0 Å². The Morgan fingerprint density at radius 2 is 1.43 bits per heavy atom. The van der Waals surface area contributed by atoms with Gasteiger partial charge in [0.15, 0.2) is 5.43 Å². The Bertz CT molecular complexity index is 1120. The van der Waals surface area contributed by atoms with Gasteiger partial charge in [0.1, 0.15) is 16.9 Å². The lowest BCUT2D eigenvalue weighted by molar-refractivity contribution is 0.302. The van der Waals surface area contributed by atoms with Gasteiger partial charge < -0.3 is 15.4 Å². The van der Waals surface area contributed by atoms with Crippen molar-refractivity contribution in [1.82, 2.24) is 0 Å². The first-order chi connectivity index (χ1) is 9.97. The highest BCUT2D eigenvalue weighted by atomic mass is 16.4. The number of benzene rings is 3. The van der Waals surface area contributed by atoms with Crippen LogP contribution in [-0.4, -0.2) is 15.4 Å². The number of phenolic OH excluding ortho intramolecular Hbond substituents is 2. The van der Waals surface area contributed by atoms with E-state index in [-0.39, 0.29) is 21.5 Å². The summed E-state index contributed by atoms with van der Waals surface area (Å²) in [4.78, 5) is 35.1. The third-order valence-corrected chi connectivity index (χ3v) is 3.34. The largest absolute Gasteiger partial charge is 0.507 e. The van der Waals surface area contributed by atoms with Crippen molar-refractivity contribution in [1.29, 1.82) is 0 Å². The van der Waals surface area contributed by atoms with Crippen LogP contribution in [0.1, 0.15) is 0 Å². The Kier molecular flexibility index (Phi) is 2.52. The van der Waals surface area contributed by atoms with Gasteiger partial charge in [-0.15, -0.1) is 0 Å². The van der Waals surface area contributed by atoms with Gasteiger partial charge in [-0.1, -0.05) is 5.16 Å². The number of phenols is 2. The molecule has 7 nitrogen and oxygen atoms in total. The van der Waals surface area contributed by atoms with Crippen molar-refractivity contribution in [2.45, 2.75) is 0 Å². The van der Waals surface area contributed by atoms with Crippen LogP contribution in [0.2, 0.25) is 0 Å². The smallest absolute Gasteiger partial charge is 0.237 e. The first kappa shape index (κ1) is 12.8. The minimum atomic E-state index is -1.02. The highest BCUT2D eigenvalue weighted by Gasteiger charge is 2.19. The minimum Gasteiger partial charge on any atom is -0.507 e. The standard InChI is InChI=1S/C14H7NO6/c16-7-4-2-6(15-21)10-11(7)14(20)9-5(12(10)18)1-3-8(17)13(9)19/h1-4,18,20-21H. The van der Waals surface area contributed by atoms with Gasteiger partial charge in [-0.3, -0.25) is 14.4 Å². The third kappa shape index (κ3) is 1.54. The Morgan fingerprint density at radius 1 is 0.762 bits per heavy atom. The first-order valence-electron chi connectivity index (χ1n) is 5.80. The molecule has 0 aliphatic rings. The van der Waals surface area contributed by atoms with Crippen molar-refractivity contribution in [3.8, 4) is 11.5 Å². The molecule has 0 unspecified atom stereocenters. The van der Waals surface area contributed by atoms with E-state index in [1.165, 1.54) is 0 Å². The monoisotopic (exact) mass is 285 g/mol. The maximum atomic E-state index is 11.9. The van der Waals surface area contributed by atoms with E-state index in [0.717, 1.165) is 24.3 Å². The molecule has 0 amide bonds. The summed E-state index contributed by atoms with van der Waals surface area (Å²) in [5.41, 5.74) is -2.57. The number of hydrogen-bond acceptors (Lipinski definition) is 7. The fraction of sp³-hybridized carbons (Fsp3) is 0. The van der Waals surface area contributed by atoms with E-state index >= 15 is 0 Å². The van der Waals surface area contributed by atoms with Gasteiger partial charge in [-0.25, -0.2) is 0 Å². The van der Waals surface area contributed by atoms with Gasteiger partial charge in [0.25, 0.3) is 0 Å². The van der Waals surface area contributed by atoms with E-state index in [1.807, 2.05) is 0 Å². The highest BCUT2D eigenvalue weighted by Crippen LogP contribution is 2.36. The fourth-order valence-corrected chi connectivity index (χ4v) is 2.39. The van der Waals surface area contributed by atoms with E-state index in [1.54, 1.807) is 0 Å². The van der Waals surface area contributed by atoms with Crippen molar-refractivity contribution >= 4 is 21.5 Å². The molecule has 3 rings (SSSR count). The zero-order valence-corrected chi connectivity index (χ0v) is 10.3. The van der Waals surface area contributed by atoms with Crippen molar-refractivity contribution in [3.63, 3.8) is 0 Å². The molecule has 3 aromatic rings. The molecule has 104 valence electrons. The molecule has 0 saturated heterocycles.